The minimum absolute atomic E-state index is 0.0854. The average Bonchev–Trinajstić information content (AvgIpc) is 2.42. The Kier molecular flexibility index (Phi) is 11.3. The third-order valence-electron chi connectivity index (χ3n) is 3.60. The summed E-state index contributed by atoms with van der Waals surface area (Å²) < 4.78 is 0. The first-order valence-corrected chi connectivity index (χ1v) is 7.71. The average molecular weight is 285 g/mol. The van der Waals surface area contributed by atoms with Crippen LogP contribution in [-0.4, -0.2) is 31.3 Å². The number of carbonyl (C=O) groups excluding carboxylic acids is 2. The van der Waals surface area contributed by atoms with Gasteiger partial charge in [-0.2, -0.15) is 0 Å². The van der Waals surface area contributed by atoms with E-state index >= 15 is 0 Å². The zero-order valence-electron chi connectivity index (χ0n) is 12.9. The molecule has 0 fully saturated rings. The van der Waals surface area contributed by atoms with Gasteiger partial charge in [0, 0.05) is 12.5 Å². The largest absolute Gasteiger partial charge is 0.355 e. The summed E-state index contributed by atoms with van der Waals surface area (Å²) in [5, 5.41) is 2.85. The van der Waals surface area contributed by atoms with Crippen molar-refractivity contribution in [3.8, 4) is 0 Å². The van der Waals surface area contributed by atoms with Crippen molar-refractivity contribution in [2.45, 2.75) is 58.4 Å². The summed E-state index contributed by atoms with van der Waals surface area (Å²) >= 11 is 0. The Morgan fingerprint density at radius 3 is 2.35 bits per heavy atom. The van der Waals surface area contributed by atoms with E-state index in [1.165, 1.54) is 0 Å². The minimum Gasteiger partial charge on any atom is -0.355 e. The molecular formula is C15H31N3O2. The van der Waals surface area contributed by atoms with Gasteiger partial charge in [0.2, 0.25) is 5.91 Å². The number of rotatable bonds is 12. The van der Waals surface area contributed by atoms with E-state index in [4.69, 9.17) is 11.5 Å². The van der Waals surface area contributed by atoms with Gasteiger partial charge in [-0.1, -0.05) is 26.7 Å². The summed E-state index contributed by atoms with van der Waals surface area (Å²) in [7, 11) is 0. The van der Waals surface area contributed by atoms with Crippen LogP contribution in [0, 0.1) is 11.8 Å². The molecule has 1 amide bonds. The van der Waals surface area contributed by atoms with Crippen LogP contribution in [0.2, 0.25) is 0 Å². The molecule has 0 saturated carbocycles. The monoisotopic (exact) mass is 285 g/mol. The van der Waals surface area contributed by atoms with E-state index < -0.39 is 6.04 Å². The molecule has 0 bridgehead atoms. The van der Waals surface area contributed by atoms with Crippen molar-refractivity contribution in [1.29, 1.82) is 0 Å². The van der Waals surface area contributed by atoms with Crippen LogP contribution < -0.4 is 16.8 Å². The highest BCUT2D eigenvalue weighted by Crippen LogP contribution is 2.15. The summed E-state index contributed by atoms with van der Waals surface area (Å²) in [4.78, 5) is 22.5. The Morgan fingerprint density at radius 1 is 1.15 bits per heavy atom. The predicted molar refractivity (Wildman–Crippen MR) is 82.1 cm³/mol. The first kappa shape index (κ1) is 19.1. The lowest BCUT2D eigenvalue weighted by Gasteiger charge is -2.14. The Bertz CT molecular complexity index is 270. The number of unbranched alkanes of at least 4 members (excludes halogenated alkanes) is 2. The highest BCUT2D eigenvalue weighted by molar-refractivity contribution is 5.81. The topological polar surface area (TPSA) is 98.2 Å². The standard InChI is InChI=1S/C15H31N3O2/c1-12(2)13(11-19)7-4-6-10-18-15(20)14(17)8-3-5-9-16/h11-14H,3-10,16-17H2,1-2H3,(H,18,20). The number of nitrogens with one attached hydrogen (secondary N) is 1. The van der Waals surface area contributed by atoms with E-state index in [-0.39, 0.29) is 11.8 Å². The number of amides is 1. The van der Waals surface area contributed by atoms with Gasteiger partial charge in [-0.15, -0.1) is 0 Å². The van der Waals surface area contributed by atoms with Gasteiger partial charge in [0.1, 0.15) is 6.29 Å². The molecule has 0 aromatic heterocycles. The van der Waals surface area contributed by atoms with E-state index in [1.54, 1.807) is 0 Å². The van der Waals surface area contributed by atoms with Gasteiger partial charge in [0.05, 0.1) is 6.04 Å². The van der Waals surface area contributed by atoms with Gasteiger partial charge < -0.3 is 21.6 Å². The summed E-state index contributed by atoms with van der Waals surface area (Å²) in [6.45, 7) is 5.39. The molecule has 20 heavy (non-hydrogen) atoms. The molecule has 118 valence electrons. The minimum atomic E-state index is -0.431. The molecule has 0 aromatic carbocycles. The Labute approximate surface area is 122 Å². The van der Waals surface area contributed by atoms with Crippen molar-refractivity contribution in [2.75, 3.05) is 13.1 Å². The zero-order valence-corrected chi connectivity index (χ0v) is 12.9. The normalized spacial score (nSPS) is 14.1. The first-order valence-electron chi connectivity index (χ1n) is 7.71. The number of nitrogens with two attached hydrogens (primary N) is 2. The molecule has 0 aliphatic heterocycles. The van der Waals surface area contributed by atoms with Crippen LogP contribution in [0.15, 0.2) is 0 Å². The van der Waals surface area contributed by atoms with E-state index in [2.05, 4.69) is 19.2 Å². The van der Waals surface area contributed by atoms with Crippen LogP contribution in [0.25, 0.3) is 0 Å². The number of aldehydes is 1. The van der Waals surface area contributed by atoms with E-state index in [1.807, 2.05) is 0 Å². The molecule has 5 heteroatoms. The number of hydrogen-bond acceptors (Lipinski definition) is 4. The Balaban J connectivity index is 3.63. The molecule has 2 atom stereocenters. The van der Waals surface area contributed by atoms with Crippen molar-refractivity contribution in [3.05, 3.63) is 0 Å². The molecule has 5 nitrogen and oxygen atoms in total. The lowest BCUT2D eigenvalue weighted by atomic mass is 9.92. The summed E-state index contributed by atoms with van der Waals surface area (Å²) in [6.07, 6.45) is 6.24. The van der Waals surface area contributed by atoms with Gasteiger partial charge in [0.25, 0.3) is 0 Å². The smallest absolute Gasteiger partial charge is 0.236 e. The van der Waals surface area contributed by atoms with Crippen molar-refractivity contribution in [1.82, 2.24) is 5.32 Å². The predicted octanol–water partition coefficient (Wildman–Crippen LogP) is 1.20. The highest BCUT2D eigenvalue weighted by Gasteiger charge is 2.13. The van der Waals surface area contributed by atoms with E-state index in [0.29, 0.717) is 25.4 Å². The Hall–Kier alpha value is -0.940. The maximum Gasteiger partial charge on any atom is 0.236 e. The summed E-state index contributed by atoms with van der Waals surface area (Å²) in [5.41, 5.74) is 11.2. The molecule has 0 rings (SSSR count). The second-order valence-corrected chi connectivity index (χ2v) is 5.72. The van der Waals surface area contributed by atoms with E-state index in [9.17, 15) is 9.59 Å². The summed E-state index contributed by atoms with van der Waals surface area (Å²) in [6, 6.07) is -0.431. The van der Waals surface area contributed by atoms with Gasteiger partial charge in [-0.05, 0) is 38.1 Å². The van der Waals surface area contributed by atoms with Crippen LogP contribution >= 0.6 is 0 Å². The molecule has 0 radical (unpaired) electrons. The lowest BCUT2D eigenvalue weighted by molar-refractivity contribution is -0.122. The highest BCUT2D eigenvalue weighted by atomic mass is 16.2. The molecule has 0 aromatic rings. The third-order valence-corrected chi connectivity index (χ3v) is 3.60. The van der Waals surface area contributed by atoms with Crippen molar-refractivity contribution in [3.63, 3.8) is 0 Å². The Morgan fingerprint density at radius 2 is 1.80 bits per heavy atom. The molecule has 0 aliphatic carbocycles. The molecular weight excluding hydrogens is 254 g/mol. The maximum absolute atomic E-state index is 11.7. The van der Waals surface area contributed by atoms with E-state index in [0.717, 1.165) is 38.4 Å². The SMILES string of the molecule is CC(C)C(C=O)CCCCNC(=O)C(N)CCCCN. The quantitative estimate of drug-likeness (QED) is 0.370. The van der Waals surface area contributed by atoms with Gasteiger partial charge in [-0.25, -0.2) is 0 Å². The number of carbonyl (C=O) groups is 2. The molecule has 0 aliphatic rings. The van der Waals surface area contributed by atoms with Crippen LogP contribution in [-0.2, 0) is 9.59 Å². The fourth-order valence-electron chi connectivity index (χ4n) is 2.05. The second-order valence-electron chi connectivity index (χ2n) is 5.72. The van der Waals surface area contributed by atoms with Crippen LogP contribution in [0.1, 0.15) is 52.4 Å². The summed E-state index contributed by atoms with van der Waals surface area (Å²) in [5.74, 6) is 0.431. The van der Waals surface area contributed by atoms with Gasteiger partial charge in [-0.3, -0.25) is 4.79 Å². The van der Waals surface area contributed by atoms with Crippen molar-refractivity contribution >= 4 is 12.2 Å². The molecule has 0 spiro atoms. The van der Waals surface area contributed by atoms with Gasteiger partial charge in [0.15, 0.2) is 0 Å². The lowest BCUT2D eigenvalue weighted by Crippen LogP contribution is -2.40. The number of hydrogen-bond donors (Lipinski definition) is 3. The molecule has 0 saturated heterocycles. The third kappa shape index (κ3) is 9.04. The van der Waals surface area contributed by atoms with Crippen LogP contribution in [0.4, 0.5) is 0 Å². The molecule has 0 heterocycles. The van der Waals surface area contributed by atoms with Crippen LogP contribution in [0.3, 0.4) is 0 Å². The van der Waals surface area contributed by atoms with Crippen molar-refractivity contribution < 1.29 is 9.59 Å². The fourth-order valence-corrected chi connectivity index (χ4v) is 2.05. The maximum atomic E-state index is 11.7. The molecule has 5 N–H and O–H groups in total. The zero-order chi connectivity index (χ0) is 15.4. The van der Waals surface area contributed by atoms with Crippen LogP contribution in [0.5, 0.6) is 0 Å². The first-order chi connectivity index (χ1) is 9.52. The molecule has 2 unspecified atom stereocenters. The van der Waals surface area contributed by atoms with Crippen molar-refractivity contribution in [2.24, 2.45) is 23.3 Å². The van der Waals surface area contributed by atoms with Gasteiger partial charge >= 0.3 is 0 Å². The fraction of sp³-hybridized carbons (Fsp3) is 0.867. The second kappa shape index (κ2) is 11.9.